The Hall–Kier alpha value is -2.64. The molecule has 1 aromatic carbocycles. The van der Waals surface area contributed by atoms with Crippen LogP contribution in [0.25, 0.3) is 22.2 Å². The van der Waals surface area contributed by atoms with E-state index in [0.29, 0.717) is 26.2 Å². The molecule has 1 aliphatic carbocycles. The number of imidazole rings is 1. The predicted molar refractivity (Wildman–Crippen MR) is 143 cm³/mol. The largest absolute Gasteiger partial charge is 0.390 e. The van der Waals surface area contributed by atoms with E-state index in [1.807, 2.05) is 27.7 Å². The van der Waals surface area contributed by atoms with Gasteiger partial charge >= 0.3 is 5.69 Å². The number of aliphatic hydroxyl groups excluding tert-OH is 1. The number of allylic oxidation sites excluding steroid dienone is 2. The van der Waals surface area contributed by atoms with E-state index in [9.17, 15) is 9.90 Å². The second-order valence-electron chi connectivity index (χ2n) is 10.3. The molecule has 0 amide bonds. The Bertz CT molecular complexity index is 1260. The van der Waals surface area contributed by atoms with Crippen LogP contribution in [0.1, 0.15) is 66.0 Å². The van der Waals surface area contributed by atoms with E-state index in [-0.39, 0.29) is 11.1 Å². The van der Waals surface area contributed by atoms with Gasteiger partial charge in [-0.2, -0.15) is 5.10 Å². The summed E-state index contributed by atoms with van der Waals surface area (Å²) in [7, 11) is 0. The molecule has 0 spiro atoms. The average molecular weight is 480 g/mol. The van der Waals surface area contributed by atoms with Crippen molar-refractivity contribution in [3.8, 4) is 11.1 Å². The van der Waals surface area contributed by atoms with Crippen LogP contribution in [0.4, 0.5) is 0 Å². The number of nitrogens with one attached hydrogen (secondary N) is 1. The van der Waals surface area contributed by atoms with Gasteiger partial charge in [0, 0.05) is 36.8 Å². The van der Waals surface area contributed by atoms with Crippen LogP contribution in [0.15, 0.2) is 40.8 Å². The summed E-state index contributed by atoms with van der Waals surface area (Å²) in [5.74, 6) is 0. The third-order valence-corrected chi connectivity index (χ3v) is 7.36. The minimum absolute atomic E-state index is 0.0424. The van der Waals surface area contributed by atoms with Crippen LogP contribution in [-0.2, 0) is 25.0 Å². The molecule has 0 bridgehead atoms. The van der Waals surface area contributed by atoms with Crippen LogP contribution in [0.5, 0.6) is 0 Å². The Balaban J connectivity index is 1.79. The number of aromatic nitrogens is 4. The van der Waals surface area contributed by atoms with Gasteiger partial charge in [0.15, 0.2) is 0 Å². The molecule has 0 radical (unpaired) electrons. The van der Waals surface area contributed by atoms with E-state index in [2.05, 4.69) is 56.6 Å². The lowest BCUT2D eigenvalue weighted by molar-refractivity contribution is 0.146. The lowest BCUT2D eigenvalue weighted by Gasteiger charge is -2.32. The zero-order valence-corrected chi connectivity index (χ0v) is 22.0. The van der Waals surface area contributed by atoms with Crippen LogP contribution < -0.4 is 11.0 Å². The fraction of sp³-hybridized carbons (Fsp3) is 0.571. The van der Waals surface area contributed by atoms with Gasteiger partial charge in [-0.25, -0.2) is 4.79 Å². The van der Waals surface area contributed by atoms with E-state index < -0.39 is 6.10 Å². The zero-order valence-electron chi connectivity index (χ0n) is 22.0. The first-order valence-corrected chi connectivity index (χ1v) is 13.2. The molecule has 0 aliphatic heterocycles. The minimum atomic E-state index is -0.505. The number of hydrogen-bond donors (Lipinski definition) is 2. The highest BCUT2D eigenvalue weighted by Gasteiger charge is 2.34. The lowest BCUT2D eigenvalue weighted by Crippen LogP contribution is -2.31. The molecule has 2 heterocycles. The van der Waals surface area contributed by atoms with E-state index in [1.54, 1.807) is 0 Å². The fourth-order valence-corrected chi connectivity index (χ4v) is 5.61. The number of benzene rings is 1. The molecule has 2 unspecified atom stereocenters. The SMILES string of the molecule is CCCNCC(O)Cn1cc(-c2ccc3c(c2)n(CC)c(=O)n3CC)c(C2(C)CCC=C(C)C2)n1. The Morgan fingerprint density at radius 3 is 2.60 bits per heavy atom. The van der Waals surface area contributed by atoms with Gasteiger partial charge in [0.25, 0.3) is 0 Å². The molecule has 4 rings (SSSR count). The van der Waals surface area contributed by atoms with Gasteiger partial charge in [-0.3, -0.25) is 13.8 Å². The van der Waals surface area contributed by atoms with Crippen LogP contribution in [-0.4, -0.2) is 43.2 Å². The molecule has 190 valence electrons. The maximum Gasteiger partial charge on any atom is 0.329 e. The highest BCUT2D eigenvalue weighted by atomic mass is 16.3. The maximum atomic E-state index is 12.9. The molecule has 3 aromatic rings. The van der Waals surface area contributed by atoms with Crippen LogP contribution in [0.3, 0.4) is 0 Å². The molecule has 0 saturated carbocycles. The summed E-state index contributed by atoms with van der Waals surface area (Å²) in [5, 5.41) is 19.0. The third kappa shape index (κ3) is 5.02. The number of rotatable bonds is 10. The molecule has 2 aromatic heterocycles. The van der Waals surface area contributed by atoms with Gasteiger partial charge in [0.2, 0.25) is 0 Å². The minimum Gasteiger partial charge on any atom is -0.390 e. The molecule has 0 saturated heterocycles. The summed E-state index contributed by atoms with van der Waals surface area (Å²) in [5.41, 5.74) is 6.55. The molecule has 0 fully saturated rings. The Kier molecular flexibility index (Phi) is 7.67. The summed E-state index contributed by atoms with van der Waals surface area (Å²) in [6, 6.07) is 6.33. The Morgan fingerprint density at radius 2 is 1.91 bits per heavy atom. The average Bonchev–Trinajstić information content (AvgIpc) is 3.36. The van der Waals surface area contributed by atoms with Gasteiger partial charge in [-0.05, 0) is 70.7 Å². The van der Waals surface area contributed by atoms with Gasteiger partial charge in [-0.1, -0.05) is 31.6 Å². The van der Waals surface area contributed by atoms with E-state index in [1.165, 1.54) is 5.57 Å². The van der Waals surface area contributed by atoms with Crippen molar-refractivity contribution in [2.75, 3.05) is 13.1 Å². The highest BCUT2D eigenvalue weighted by molar-refractivity contribution is 5.83. The molecular weight excluding hydrogens is 438 g/mol. The standard InChI is InChI=1S/C28H41N5O2/c1-6-14-29-17-22(34)18-31-19-23(26(30-31)28(5)13-9-10-20(4)16-28)21-11-12-24-25(15-21)33(8-3)27(35)32(24)7-2/h10-12,15,19,22,29,34H,6-9,13-14,16-18H2,1-5H3. The normalized spacial score (nSPS) is 19.3. The van der Waals surface area contributed by atoms with Crippen molar-refractivity contribution in [1.29, 1.82) is 0 Å². The van der Waals surface area contributed by atoms with Crippen molar-refractivity contribution in [1.82, 2.24) is 24.2 Å². The summed E-state index contributed by atoms with van der Waals surface area (Å²) < 4.78 is 5.60. The smallest absolute Gasteiger partial charge is 0.329 e. The van der Waals surface area contributed by atoms with Crippen molar-refractivity contribution < 1.29 is 5.11 Å². The maximum absolute atomic E-state index is 12.9. The Morgan fingerprint density at radius 1 is 1.17 bits per heavy atom. The summed E-state index contributed by atoms with van der Waals surface area (Å²) >= 11 is 0. The van der Waals surface area contributed by atoms with Crippen LogP contribution >= 0.6 is 0 Å². The molecule has 2 N–H and O–H groups in total. The van der Waals surface area contributed by atoms with E-state index in [0.717, 1.165) is 60.1 Å². The Labute approximate surface area is 208 Å². The van der Waals surface area contributed by atoms with Crippen LogP contribution in [0, 0.1) is 0 Å². The fourth-order valence-electron chi connectivity index (χ4n) is 5.61. The quantitative estimate of drug-likeness (QED) is 0.333. The lowest BCUT2D eigenvalue weighted by atomic mass is 9.72. The number of aliphatic hydroxyl groups is 1. The van der Waals surface area contributed by atoms with Gasteiger partial charge in [0.05, 0.1) is 29.4 Å². The molecule has 2 atom stereocenters. The van der Waals surface area contributed by atoms with E-state index >= 15 is 0 Å². The van der Waals surface area contributed by atoms with Gasteiger partial charge in [0.1, 0.15) is 0 Å². The number of aryl methyl sites for hydroxylation is 2. The van der Waals surface area contributed by atoms with Crippen molar-refractivity contribution in [3.63, 3.8) is 0 Å². The van der Waals surface area contributed by atoms with E-state index in [4.69, 9.17) is 5.10 Å². The molecule has 7 heteroatoms. The molecular formula is C28H41N5O2. The van der Waals surface area contributed by atoms with Crippen molar-refractivity contribution in [2.45, 2.75) is 91.5 Å². The van der Waals surface area contributed by atoms with Crippen molar-refractivity contribution in [2.24, 2.45) is 0 Å². The first-order valence-electron chi connectivity index (χ1n) is 13.2. The topological polar surface area (TPSA) is 77.0 Å². The summed E-state index contributed by atoms with van der Waals surface area (Å²) in [6.07, 6.45) is 8.03. The summed E-state index contributed by atoms with van der Waals surface area (Å²) in [4.78, 5) is 12.9. The molecule has 1 aliphatic rings. The second-order valence-corrected chi connectivity index (χ2v) is 10.3. The molecule has 7 nitrogen and oxygen atoms in total. The van der Waals surface area contributed by atoms with Gasteiger partial charge in [-0.15, -0.1) is 0 Å². The number of nitrogens with zero attached hydrogens (tertiary/aromatic N) is 4. The monoisotopic (exact) mass is 479 g/mol. The summed E-state index contributed by atoms with van der Waals surface area (Å²) in [6.45, 7) is 13.8. The molecule has 35 heavy (non-hydrogen) atoms. The predicted octanol–water partition coefficient (Wildman–Crippen LogP) is 4.45. The third-order valence-electron chi connectivity index (χ3n) is 7.36. The number of hydrogen-bond acceptors (Lipinski definition) is 4. The second kappa shape index (κ2) is 10.5. The number of fused-ring (bicyclic) bond motifs is 1. The van der Waals surface area contributed by atoms with Gasteiger partial charge < -0.3 is 10.4 Å². The van der Waals surface area contributed by atoms with Crippen molar-refractivity contribution >= 4 is 11.0 Å². The first kappa shape index (κ1) is 25.5. The van der Waals surface area contributed by atoms with Crippen LogP contribution in [0.2, 0.25) is 0 Å². The van der Waals surface area contributed by atoms with Crippen molar-refractivity contribution in [3.05, 3.63) is 52.2 Å². The first-order chi connectivity index (χ1) is 16.8. The highest BCUT2D eigenvalue weighted by Crippen LogP contribution is 2.42. The zero-order chi connectivity index (χ0) is 25.2.